The van der Waals surface area contributed by atoms with Gasteiger partial charge in [0.1, 0.15) is 5.60 Å². The zero-order valence-electron chi connectivity index (χ0n) is 14.2. The van der Waals surface area contributed by atoms with E-state index in [2.05, 4.69) is 20.8 Å². The number of carbonyl (C=O) groups excluding carboxylic acids is 1. The smallest absolute Gasteiger partial charge is 0.309 e. The van der Waals surface area contributed by atoms with E-state index in [1.54, 1.807) is 0 Å². The average molecular weight is 282 g/mol. The van der Waals surface area contributed by atoms with Crippen LogP contribution < -0.4 is 0 Å². The van der Waals surface area contributed by atoms with Gasteiger partial charge in [-0.15, -0.1) is 0 Å². The Labute approximate surface area is 125 Å². The Bertz CT molecular complexity index is 292. The third-order valence-corrected chi connectivity index (χ3v) is 5.12. The van der Waals surface area contributed by atoms with Gasteiger partial charge in [-0.2, -0.15) is 0 Å². The molecule has 2 aliphatic carbocycles. The van der Waals surface area contributed by atoms with Gasteiger partial charge in [-0.25, -0.2) is 0 Å². The van der Waals surface area contributed by atoms with Crippen LogP contribution in [0.1, 0.15) is 86.0 Å². The van der Waals surface area contributed by atoms with Gasteiger partial charge < -0.3 is 4.74 Å². The molecule has 0 spiro atoms. The van der Waals surface area contributed by atoms with Crippen molar-refractivity contribution in [1.29, 1.82) is 0 Å². The fourth-order valence-electron chi connectivity index (χ4n) is 3.76. The summed E-state index contributed by atoms with van der Waals surface area (Å²) in [5.41, 5.74) is -0.167. The van der Waals surface area contributed by atoms with Gasteiger partial charge in [0.25, 0.3) is 0 Å². The van der Waals surface area contributed by atoms with Crippen LogP contribution in [0.4, 0.5) is 0 Å². The van der Waals surface area contributed by atoms with E-state index in [1.165, 1.54) is 32.1 Å². The zero-order valence-corrected chi connectivity index (χ0v) is 14.2. The number of esters is 1. The zero-order chi connectivity index (χ0) is 15.2. The third-order valence-electron chi connectivity index (χ3n) is 5.12. The van der Waals surface area contributed by atoms with Crippen LogP contribution >= 0.6 is 0 Å². The van der Waals surface area contributed by atoms with Crippen LogP contribution in [0.3, 0.4) is 0 Å². The molecule has 118 valence electrons. The van der Waals surface area contributed by atoms with Crippen LogP contribution in [-0.2, 0) is 9.53 Å². The first-order valence-electron chi connectivity index (χ1n) is 8.77. The van der Waals surface area contributed by atoms with Gasteiger partial charge in [-0.05, 0) is 57.3 Å². The molecular weight excluding hydrogens is 248 g/mol. The minimum Gasteiger partial charge on any atom is -0.459 e. The van der Waals surface area contributed by atoms with Crippen molar-refractivity contribution in [3.05, 3.63) is 0 Å². The van der Waals surface area contributed by atoms with Gasteiger partial charge in [0, 0.05) is 0 Å². The monoisotopic (exact) mass is 282 g/mol. The maximum absolute atomic E-state index is 12.4. The maximum atomic E-state index is 12.4. The molecule has 0 radical (unpaired) electrons. The van der Waals surface area contributed by atoms with E-state index in [4.69, 9.17) is 4.74 Å². The Hall–Kier alpha value is -0.530. The number of ether oxygens (including phenoxy) is 1. The first kappa shape index (κ1) is 17.5. The molecule has 3 atom stereocenters. The van der Waals surface area contributed by atoms with Crippen molar-refractivity contribution in [1.82, 2.24) is 0 Å². The minimum atomic E-state index is -0.167. The largest absolute Gasteiger partial charge is 0.459 e. The number of rotatable bonds is 3. The lowest BCUT2D eigenvalue weighted by Crippen LogP contribution is -2.36. The van der Waals surface area contributed by atoms with E-state index in [9.17, 15) is 4.79 Å². The summed E-state index contributed by atoms with van der Waals surface area (Å²) in [5, 5.41) is 0. The SMILES string of the molecule is CC.CCC1CC(C)C(C(=O)OC2(C)CCCCC2)C1. The predicted molar refractivity (Wildman–Crippen MR) is 84.6 cm³/mol. The van der Waals surface area contributed by atoms with E-state index in [-0.39, 0.29) is 17.5 Å². The molecule has 0 aromatic rings. The van der Waals surface area contributed by atoms with Crippen molar-refractivity contribution in [2.24, 2.45) is 17.8 Å². The molecule has 20 heavy (non-hydrogen) atoms. The molecule has 2 heteroatoms. The molecule has 0 amide bonds. The summed E-state index contributed by atoms with van der Waals surface area (Å²) in [5.74, 6) is 1.49. The van der Waals surface area contributed by atoms with Crippen LogP contribution in [-0.4, -0.2) is 11.6 Å². The molecule has 0 heterocycles. The lowest BCUT2D eigenvalue weighted by atomic mass is 9.86. The van der Waals surface area contributed by atoms with Crippen molar-refractivity contribution in [2.45, 2.75) is 91.6 Å². The fourth-order valence-corrected chi connectivity index (χ4v) is 3.76. The second kappa shape index (κ2) is 8.05. The highest BCUT2D eigenvalue weighted by molar-refractivity contribution is 5.73. The molecule has 2 saturated carbocycles. The van der Waals surface area contributed by atoms with E-state index in [1.807, 2.05) is 13.8 Å². The molecule has 2 fully saturated rings. The number of hydrogen-bond donors (Lipinski definition) is 0. The average Bonchev–Trinajstić information content (AvgIpc) is 2.83. The lowest BCUT2D eigenvalue weighted by Gasteiger charge is -2.34. The Morgan fingerprint density at radius 3 is 2.25 bits per heavy atom. The van der Waals surface area contributed by atoms with Gasteiger partial charge in [-0.3, -0.25) is 4.79 Å². The molecule has 0 aliphatic heterocycles. The van der Waals surface area contributed by atoms with E-state index in [0.29, 0.717) is 5.92 Å². The Kier molecular flexibility index (Phi) is 7.05. The molecule has 0 aromatic heterocycles. The second-order valence-electron chi connectivity index (χ2n) is 6.76. The third kappa shape index (κ3) is 4.49. The van der Waals surface area contributed by atoms with E-state index in [0.717, 1.165) is 25.2 Å². The van der Waals surface area contributed by atoms with Crippen molar-refractivity contribution in [3.63, 3.8) is 0 Å². The topological polar surface area (TPSA) is 26.3 Å². The molecule has 0 N–H and O–H groups in total. The maximum Gasteiger partial charge on any atom is 0.309 e. The summed E-state index contributed by atoms with van der Waals surface area (Å²) < 4.78 is 5.89. The van der Waals surface area contributed by atoms with Crippen LogP contribution in [0.5, 0.6) is 0 Å². The minimum absolute atomic E-state index is 0.0860. The van der Waals surface area contributed by atoms with Crippen molar-refractivity contribution < 1.29 is 9.53 Å². The van der Waals surface area contributed by atoms with Gasteiger partial charge in [-0.1, -0.05) is 40.5 Å². The summed E-state index contributed by atoms with van der Waals surface area (Å²) in [6.45, 7) is 10.6. The molecule has 0 bridgehead atoms. The molecule has 3 unspecified atom stereocenters. The van der Waals surface area contributed by atoms with Gasteiger partial charge in [0.05, 0.1) is 5.92 Å². The van der Waals surface area contributed by atoms with Crippen LogP contribution in [0.2, 0.25) is 0 Å². The van der Waals surface area contributed by atoms with Gasteiger partial charge >= 0.3 is 5.97 Å². The fraction of sp³-hybridized carbons (Fsp3) is 0.944. The molecule has 0 saturated heterocycles. The highest BCUT2D eigenvalue weighted by Crippen LogP contribution is 2.40. The lowest BCUT2D eigenvalue weighted by molar-refractivity contribution is -0.167. The van der Waals surface area contributed by atoms with Gasteiger partial charge in [0.2, 0.25) is 0 Å². The molecule has 2 nitrogen and oxygen atoms in total. The normalized spacial score (nSPS) is 32.1. The second-order valence-corrected chi connectivity index (χ2v) is 6.76. The Morgan fingerprint density at radius 2 is 1.75 bits per heavy atom. The van der Waals surface area contributed by atoms with Crippen LogP contribution in [0.15, 0.2) is 0 Å². The molecule has 0 aromatic carbocycles. The number of hydrogen-bond acceptors (Lipinski definition) is 2. The van der Waals surface area contributed by atoms with Crippen molar-refractivity contribution in [2.75, 3.05) is 0 Å². The van der Waals surface area contributed by atoms with Crippen molar-refractivity contribution in [3.8, 4) is 0 Å². The van der Waals surface area contributed by atoms with E-state index >= 15 is 0 Å². The summed E-state index contributed by atoms with van der Waals surface area (Å²) in [6, 6.07) is 0. The van der Waals surface area contributed by atoms with Gasteiger partial charge in [0.15, 0.2) is 0 Å². The highest BCUT2D eigenvalue weighted by atomic mass is 16.6. The van der Waals surface area contributed by atoms with Crippen LogP contribution in [0.25, 0.3) is 0 Å². The molecular formula is C18H34O2. The quantitative estimate of drug-likeness (QED) is 0.652. The summed E-state index contributed by atoms with van der Waals surface area (Å²) in [4.78, 5) is 12.4. The molecule has 2 aliphatic rings. The Balaban J connectivity index is 0.000000956. The first-order valence-corrected chi connectivity index (χ1v) is 8.77. The predicted octanol–water partition coefficient (Wildman–Crippen LogP) is 5.35. The molecule has 2 rings (SSSR count). The van der Waals surface area contributed by atoms with Crippen LogP contribution in [0, 0.1) is 17.8 Å². The summed E-state index contributed by atoms with van der Waals surface area (Å²) in [7, 11) is 0. The Morgan fingerprint density at radius 1 is 1.15 bits per heavy atom. The summed E-state index contributed by atoms with van der Waals surface area (Å²) >= 11 is 0. The van der Waals surface area contributed by atoms with Crippen molar-refractivity contribution >= 4 is 5.97 Å². The summed E-state index contributed by atoms with van der Waals surface area (Å²) in [6.07, 6.45) is 9.27. The number of carbonyl (C=O) groups is 1. The first-order chi connectivity index (χ1) is 9.54. The van der Waals surface area contributed by atoms with E-state index < -0.39 is 0 Å². The highest BCUT2D eigenvalue weighted by Gasteiger charge is 2.39. The standard InChI is InChI=1S/C16H28O2.C2H6/c1-4-13-10-12(2)14(11-13)15(17)18-16(3)8-6-5-7-9-16;1-2/h12-14H,4-11H2,1-3H3;1-2H3.